The summed E-state index contributed by atoms with van der Waals surface area (Å²) in [6.45, 7) is 4.21. The van der Waals surface area contributed by atoms with Gasteiger partial charge >= 0.3 is 0 Å². The van der Waals surface area contributed by atoms with Crippen molar-refractivity contribution in [3.8, 4) is 0 Å². The Labute approximate surface area is 119 Å². The van der Waals surface area contributed by atoms with Crippen LogP contribution in [0.25, 0.3) is 0 Å². The van der Waals surface area contributed by atoms with Gasteiger partial charge in [0.15, 0.2) is 0 Å². The van der Waals surface area contributed by atoms with Gasteiger partial charge < -0.3 is 10.3 Å². The molecular formula is C15H20ClN3. The van der Waals surface area contributed by atoms with Crippen molar-refractivity contribution in [2.45, 2.75) is 38.8 Å². The van der Waals surface area contributed by atoms with Gasteiger partial charge in [0.05, 0.1) is 6.04 Å². The molecule has 1 heterocycles. The lowest BCUT2D eigenvalue weighted by Crippen LogP contribution is -2.33. The molecule has 0 aliphatic rings. The first-order chi connectivity index (χ1) is 9.17. The summed E-state index contributed by atoms with van der Waals surface area (Å²) in [5.41, 5.74) is 7.49. The molecule has 3 nitrogen and oxygen atoms in total. The number of rotatable bonds is 5. The van der Waals surface area contributed by atoms with Crippen LogP contribution < -0.4 is 5.73 Å². The molecule has 0 fully saturated rings. The average Bonchev–Trinajstić information content (AvgIpc) is 2.89. The number of aromatic nitrogens is 2. The van der Waals surface area contributed by atoms with Gasteiger partial charge in [-0.2, -0.15) is 0 Å². The Hall–Kier alpha value is -1.32. The first-order valence-corrected chi connectivity index (χ1v) is 7.07. The van der Waals surface area contributed by atoms with E-state index >= 15 is 0 Å². The van der Waals surface area contributed by atoms with Gasteiger partial charge in [0.2, 0.25) is 0 Å². The SMILES string of the molecule is CCc1nccn1C(c1ccc(Cl)cc1)C(N)CC. The summed E-state index contributed by atoms with van der Waals surface area (Å²) in [6.07, 6.45) is 5.65. The van der Waals surface area contributed by atoms with Crippen molar-refractivity contribution in [3.05, 3.63) is 53.1 Å². The summed E-state index contributed by atoms with van der Waals surface area (Å²) in [5, 5.41) is 0.744. The fourth-order valence-electron chi connectivity index (χ4n) is 2.37. The second-order valence-electron chi connectivity index (χ2n) is 4.67. The van der Waals surface area contributed by atoms with E-state index in [4.69, 9.17) is 17.3 Å². The van der Waals surface area contributed by atoms with Crippen LogP contribution in [0.5, 0.6) is 0 Å². The molecule has 4 heteroatoms. The third kappa shape index (κ3) is 2.99. The number of halogens is 1. The van der Waals surface area contributed by atoms with E-state index in [1.54, 1.807) is 0 Å². The minimum Gasteiger partial charge on any atom is -0.326 e. The molecule has 1 aromatic heterocycles. The lowest BCUT2D eigenvalue weighted by atomic mass is 9.97. The Morgan fingerprint density at radius 3 is 2.53 bits per heavy atom. The molecule has 102 valence electrons. The molecule has 0 spiro atoms. The Morgan fingerprint density at radius 2 is 1.95 bits per heavy atom. The average molecular weight is 278 g/mol. The molecule has 0 amide bonds. The van der Waals surface area contributed by atoms with Crippen molar-refractivity contribution in [2.75, 3.05) is 0 Å². The summed E-state index contributed by atoms with van der Waals surface area (Å²) < 4.78 is 2.18. The van der Waals surface area contributed by atoms with Crippen LogP contribution in [0.3, 0.4) is 0 Å². The highest BCUT2D eigenvalue weighted by Crippen LogP contribution is 2.25. The van der Waals surface area contributed by atoms with Gasteiger partial charge in [0, 0.05) is 29.9 Å². The lowest BCUT2D eigenvalue weighted by Gasteiger charge is -2.26. The fraction of sp³-hybridized carbons (Fsp3) is 0.400. The van der Waals surface area contributed by atoms with Crippen LogP contribution >= 0.6 is 11.6 Å². The first kappa shape index (κ1) is 14.1. The molecule has 1 aromatic carbocycles. The summed E-state index contributed by atoms with van der Waals surface area (Å²) in [7, 11) is 0. The third-order valence-electron chi connectivity index (χ3n) is 3.45. The number of hydrogen-bond donors (Lipinski definition) is 1. The van der Waals surface area contributed by atoms with Crippen molar-refractivity contribution in [2.24, 2.45) is 5.73 Å². The number of imidazole rings is 1. The molecule has 19 heavy (non-hydrogen) atoms. The van der Waals surface area contributed by atoms with Gasteiger partial charge in [-0.15, -0.1) is 0 Å². The van der Waals surface area contributed by atoms with Gasteiger partial charge in [-0.3, -0.25) is 0 Å². The van der Waals surface area contributed by atoms with Crippen molar-refractivity contribution in [3.63, 3.8) is 0 Å². The maximum atomic E-state index is 6.32. The van der Waals surface area contributed by atoms with E-state index in [-0.39, 0.29) is 12.1 Å². The monoisotopic (exact) mass is 277 g/mol. The Morgan fingerprint density at radius 1 is 1.26 bits per heavy atom. The number of nitrogens with zero attached hydrogens (tertiary/aromatic N) is 2. The van der Waals surface area contributed by atoms with Crippen LogP contribution in [0.15, 0.2) is 36.7 Å². The number of aryl methyl sites for hydroxylation is 1. The van der Waals surface area contributed by atoms with Crippen molar-refractivity contribution >= 4 is 11.6 Å². The standard InChI is InChI=1S/C15H20ClN3/c1-3-13(17)15(11-5-7-12(16)8-6-11)19-10-9-18-14(19)4-2/h5-10,13,15H,3-4,17H2,1-2H3. The van der Waals surface area contributed by atoms with E-state index in [0.717, 1.165) is 23.7 Å². The first-order valence-electron chi connectivity index (χ1n) is 6.70. The van der Waals surface area contributed by atoms with E-state index in [9.17, 15) is 0 Å². The van der Waals surface area contributed by atoms with Gasteiger partial charge in [-0.1, -0.05) is 37.6 Å². The molecule has 2 unspecified atom stereocenters. The highest BCUT2D eigenvalue weighted by Gasteiger charge is 2.22. The summed E-state index contributed by atoms with van der Waals surface area (Å²) >= 11 is 5.96. The number of nitrogens with two attached hydrogens (primary N) is 1. The zero-order valence-electron chi connectivity index (χ0n) is 11.4. The van der Waals surface area contributed by atoms with E-state index in [1.165, 1.54) is 5.56 Å². The van der Waals surface area contributed by atoms with Crippen molar-refractivity contribution in [1.29, 1.82) is 0 Å². The van der Waals surface area contributed by atoms with Crippen molar-refractivity contribution < 1.29 is 0 Å². The molecule has 2 aromatic rings. The Balaban J connectivity index is 2.44. The maximum absolute atomic E-state index is 6.32. The van der Waals surface area contributed by atoms with Crippen LogP contribution in [0.2, 0.25) is 5.02 Å². The third-order valence-corrected chi connectivity index (χ3v) is 3.71. The second-order valence-corrected chi connectivity index (χ2v) is 5.11. The molecule has 0 saturated carbocycles. The molecule has 0 aliphatic heterocycles. The quantitative estimate of drug-likeness (QED) is 0.910. The summed E-state index contributed by atoms with van der Waals surface area (Å²) in [6, 6.07) is 8.08. The van der Waals surface area contributed by atoms with E-state index < -0.39 is 0 Å². The van der Waals surface area contributed by atoms with E-state index in [1.807, 2.05) is 36.7 Å². The van der Waals surface area contributed by atoms with Gasteiger partial charge in [0.25, 0.3) is 0 Å². The largest absolute Gasteiger partial charge is 0.326 e. The molecular weight excluding hydrogens is 258 g/mol. The van der Waals surface area contributed by atoms with Gasteiger partial charge in [-0.05, 0) is 24.1 Å². The van der Waals surface area contributed by atoms with Gasteiger partial charge in [-0.25, -0.2) is 4.98 Å². The number of benzene rings is 1. The minimum absolute atomic E-state index is 0.0562. The fourth-order valence-corrected chi connectivity index (χ4v) is 2.49. The van der Waals surface area contributed by atoms with Crippen LogP contribution in [-0.4, -0.2) is 15.6 Å². The maximum Gasteiger partial charge on any atom is 0.108 e. The predicted octanol–water partition coefficient (Wildman–Crippen LogP) is 3.43. The normalized spacial score (nSPS) is 14.3. The van der Waals surface area contributed by atoms with E-state index in [0.29, 0.717) is 0 Å². The van der Waals surface area contributed by atoms with Crippen LogP contribution in [0, 0.1) is 0 Å². The summed E-state index contributed by atoms with van der Waals surface area (Å²) in [4.78, 5) is 4.40. The van der Waals surface area contributed by atoms with Crippen LogP contribution in [0.1, 0.15) is 37.7 Å². The zero-order chi connectivity index (χ0) is 13.8. The smallest absolute Gasteiger partial charge is 0.108 e. The van der Waals surface area contributed by atoms with E-state index in [2.05, 4.69) is 23.4 Å². The molecule has 2 rings (SSSR count). The highest BCUT2D eigenvalue weighted by atomic mass is 35.5. The molecule has 2 atom stereocenters. The lowest BCUT2D eigenvalue weighted by molar-refractivity contribution is 0.447. The molecule has 0 bridgehead atoms. The van der Waals surface area contributed by atoms with Crippen LogP contribution in [0.4, 0.5) is 0 Å². The Kier molecular flexibility index (Phi) is 4.61. The minimum atomic E-state index is 0.0562. The van der Waals surface area contributed by atoms with Gasteiger partial charge in [0.1, 0.15) is 5.82 Å². The Bertz CT molecular complexity index is 518. The molecule has 2 N–H and O–H groups in total. The molecule has 0 aliphatic carbocycles. The topological polar surface area (TPSA) is 43.8 Å². The zero-order valence-corrected chi connectivity index (χ0v) is 12.1. The number of hydrogen-bond acceptors (Lipinski definition) is 2. The van der Waals surface area contributed by atoms with Crippen LogP contribution in [-0.2, 0) is 6.42 Å². The second kappa shape index (κ2) is 6.22. The molecule has 0 radical (unpaired) electrons. The molecule has 0 saturated heterocycles. The van der Waals surface area contributed by atoms with Crippen molar-refractivity contribution in [1.82, 2.24) is 9.55 Å². The highest BCUT2D eigenvalue weighted by molar-refractivity contribution is 6.30. The predicted molar refractivity (Wildman–Crippen MR) is 79.5 cm³/mol. The summed E-state index contributed by atoms with van der Waals surface area (Å²) in [5.74, 6) is 1.06.